The lowest BCUT2D eigenvalue weighted by Crippen LogP contribution is -1.97. The van der Waals surface area contributed by atoms with Crippen molar-refractivity contribution in [2.24, 2.45) is 14.1 Å². The van der Waals surface area contributed by atoms with E-state index in [1.54, 1.807) is 4.68 Å². The summed E-state index contributed by atoms with van der Waals surface area (Å²) in [6, 6.07) is 10.5. The van der Waals surface area contributed by atoms with E-state index in [4.69, 9.17) is 5.73 Å². The molecule has 1 aromatic carbocycles. The third kappa shape index (κ3) is 1.49. The molecule has 2 heterocycles. The molecular formula is C14H16N4. The van der Waals surface area contributed by atoms with Gasteiger partial charge in [-0.25, -0.2) is 0 Å². The summed E-state index contributed by atoms with van der Waals surface area (Å²) in [5.74, 6) is 0.673. The number of aryl methyl sites for hydroxylation is 3. The number of anilines is 1. The Morgan fingerprint density at radius 1 is 1.11 bits per heavy atom. The van der Waals surface area contributed by atoms with Crippen LogP contribution >= 0.6 is 0 Å². The van der Waals surface area contributed by atoms with Crippen LogP contribution in [0.4, 0.5) is 5.82 Å². The third-order valence-electron chi connectivity index (χ3n) is 3.38. The SMILES string of the molecule is Cc1ccc2c(c1)cc(-c1cc(N)n(C)n1)n2C. The number of nitrogens with zero attached hydrogens (tertiary/aromatic N) is 3. The molecule has 0 radical (unpaired) electrons. The Kier molecular flexibility index (Phi) is 2.20. The monoisotopic (exact) mass is 240 g/mol. The fraction of sp³-hybridized carbons (Fsp3) is 0.214. The van der Waals surface area contributed by atoms with Gasteiger partial charge in [0.15, 0.2) is 0 Å². The Balaban J connectivity index is 2.26. The van der Waals surface area contributed by atoms with Crippen LogP contribution in [0.15, 0.2) is 30.3 Å². The van der Waals surface area contributed by atoms with Crippen LogP contribution in [0.2, 0.25) is 0 Å². The third-order valence-corrected chi connectivity index (χ3v) is 3.38. The lowest BCUT2D eigenvalue weighted by atomic mass is 10.2. The molecule has 0 saturated heterocycles. The molecule has 92 valence electrons. The van der Waals surface area contributed by atoms with E-state index in [-0.39, 0.29) is 0 Å². The summed E-state index contributed by atoms with van der Waals surface area (Å²) < 4.78 is 3.84. The molecule has 0 fully saturated rings. The van der Waals surface area contributed by atoms with Gasteiger partial charge in [0, 0.05) is 31.1 Å². The zero-order chi connectivity index (χ0) is 12.9. The van der Waals surface area contributed by atoms with E-state index >= 15 is 0 Å². The molecule has 18 heavy (non-hydrogen) atoms. The number of hydrogen-bond acceptors (Lipinski definition) is 2. The molecule has 2 aromatic heterocycles. The predicted molar refractivity (Wildman–Crippen MR) is 74.3 cm³/mol. The van der Waals surface area contributed by atoms with Crippen LogP contribution in [0, 0.1) is 6.92 Å². The van der Waals surface area contributed by atoms with Crippen molar-refractivity contribution in [1.29, 1.82) is 0 Å². The number of nitrogens with two attached hydrogens (primary N) is 1. The average molecular weight is 240 g/mol. The normalized spacial score (nSPS) is 11.3. The van der Waals surface area contributed by atoms with Crippen LogP contribution in [0.3, 0.4) is 0 Å². The van der Waals surface area contributed by atoms with Crippen LogP contribution < -0.4 is 5.73 Å². The standard InChI is InChI=1S/C14H16N4/c1-9-4-5-12-10(6-9)7-13(17(12)2)11-8-14(15)18(3)16-11/h4-8H,15H2,1-3H3. The topological polar surface area (TPSA) is 48.8 Å². The first kappa shape index (κ1) is 10.9. The highest BCUT2D eigenvalue weighted by atomic mass is 15.3. The fourth-order valence-electron chi connectivity index (χ4n) is 2.32. The van der Waals surface area contributed by atoms with Gasteiger partial charge in [0.1, 0.15) is 11.5 Å². The Morgan fingerprint density at radius 2 is 1.89 bits per heavy atom. The van der Waals surface area contributed by atoms with E-state index < -0.39 is 0 Å². The van der Waals surface area contributed by atoms with E-state index in [2.05, 4.69) is 47.9 Å². The molecule has 0 aliphatic rings. The van der Waals surface area contributed by atoms with Gasteiger partial charge in [0.2, 0.25) is 0 Å². The summed E-state index contributed by atoms with van der Waals surface area (Å²) in [5.41, 5.74) is 10.3. The minimum atomic E-state index is 0.673. The van der Waals surface area contributed by atoms with Crippen LogP contribution in [0.25, 0.3) is 22.3 Å². The maximum atomic E-state index is 5.84. The van der Waals surface area contributed by atoms with Gasteiger partial charge >= 0.3 is 0 Å². The molecule has 0 saturated carbocycles. The summed E-state index contributed by atoms with van der Waals surface area (Å²) in [4.78, 5) is 0. The van der Waals surface area contributed by atoms with Gasteiger partial charge in [-0.05, 0) is 25.1 Å². The maximum absolute atomic E-state index is 5.84. The van der Waals surface area contributed by atoms with Crippen molar-refractivity contribution in [2.75, 3.05) is 5.73 Å². The van der Waals surface area contributed by atoms with E-state index in [1.165, 1.54) is 16.5 Å². The molecule has 0 spiro atoms. The van der Waals surface area contributed by atoms with Crippen molar-refractivity contribution in [3.8, 4) is 11.4 Å². The summed E-state index contributed by atoms with van der Waals surface area (Å²) >= 11 is 0. The van der Waals surface area contributed by atoms with Crippen molar-refractivity contribution in [3.63, 3.8) is 0 Å². The number of nitrogen functional groups attached to an aromatic ring is 1. The van der Waals surface area contributed by atoms with Crippen molar-refractivity contribution in [3.05, 3.63) is 35.9 Å². The summed E-state index contributed by atoms with van der Waals surface area (Å²) in [6.07, 6.45) is 0. The molecule has 3 rings (SSSR count). The Hall–Kier alpha value is -2.23. The number of fused-ring (bicyclic) bond motifs is 1. The van der Waals surface area contributed by atoms with Gasteiger partial charge in [-0.2, -0.15) is 5.10 Å². The van der Waals surface area contributed by atoms with Gasteiger partial charge in [-0.1, -0.05) is 11.6 Å². The molecule has 0 aliphatic heterocycles. The van der Waals surface area contributed by atoms with Crippen LogP contribution in [-0.4, -0.2) is 14.3 Å². The molecule has 3 aromatic rings. The second-order valence-corrected chi connectivity index (χ2v) is 4.73. The number of rotatable bonds is 1. The second-order valence-electron chi connectivity index (χ2n) is 4.73. The molecule has 0 amide bonds. The number of aromatic nitrogens is 3. The molecular weight excluding hydrogens is 224 g/mol. The molecule has 2 N–H and O–H groups in total. The van der Waals surface area contributed by atoms with E-state index in [0.29, 0.717) is 5.82 Å². The highest BCUT2D eigenvalue weighted by molar-refractivity contribution is 5.87. The van der Waals surface area contributed by atoms with E-state index in [0.717, 1.165) is 11.4 Å². The van der Waals surface area contributed by atoms with E-state index in [9.17, 15) is 0 Å². The highest BCUT2D eigenvalue weighted by Gasteiger charge is 2.11. The molecule has 0 aliphatic carbocycles. The fourth-order valence-corrected chi connectivity index (χ4v) is 2.32. The Morgan fingerprint density at radius 3 is 2.56 bits per heavy atom. The Bertz CT molecular complexity index is 714. The second kappa shape index (κ2) is 3.63. The van der Waals surface area contributed by atoms with Crippen LogP contribution in [-0.2, 0) is 14.1 Å². The van der Waals surface area contributed by atoms with Gasteiger partial charge < -0.3 is 10.3 Å². The van der Waals surface area contributed by atoms with Gasteiger partial charge in [0.25, 0.3) is 0 Å². The molecule has 0 unspecified atom stereocenters. The lowest BCUT2D eigenvalue weighted by molar-refractivity contribution is 0.779. The number of benzene rings is 1. The maximum Gasteiger partial charge on any atom is 0.122 e. The largest absolute Gasteiger partial charge is 0.384 e. The summed E-state index contributed by atoms with van der Waals surface area (Å²) in [7, 11) is 3.91. The first-order valence-corrected chi connectivity index (χ1v) is 5.92. The average Bonchev–Trinajstić information content (AvgIpc) is 2.81. The smallest absolute Gasteiger partial charge is 0.122 e. The minimum Gasteiger partial charge on any atom is -0.384 e. The molecule has 0 bridgehead atoms. The number of hydrogen-bond donors (Lipinski definition) is 1. The quantitative estimate of drug-likeness (QED) is 0.710. The molecule has 4 nitrogen and oxygen atoms in total. The van der Waals surface area contributed by atoms with Gasteiger partial charge in [-0.3, -0.25) is 4.68 Å². The molecule has 4 heteroatoms. The first-order chi connectivity index (χ1) is 8.56. The summed E-state index contributed by atoms with van der Waals surface area (Å²) in [5, 5.41) is 5.66. The van der Waals surface area contributed by atoms with Crippen molar-refractivity contribution < 1.29 is 0 Å². The zero-order valence-corrected chi connectivity index (χ0v) is 10.8. The van der Waals surface area contributed by atoms with Crippen molar-refractivity contribution in [2.45, 2.75) is 6.92 Å². The zero-order valence-electron chi connectivity index (χ0n) is 10.8. The Labute approximate surface area is 106 Å². The van der Waals surface area contributed by atoms with Gasteiger partial charge in [0.05, 0.1) is 5.69 Å². The van der Waals surface area contributed by atoms with Crippen molar-refractivity contribution >= 4 is 16.7 Å². The first-order valence-electron chi connectivity index (χ1n) is 5.92. The summed E-state index contributed by atoms with van der Waals surface area (Å²) in [6.45, 7) is 2.10. The molecule has 0 atom stereocenters. The van der Waals surface area contributed by atoms with Crippen molar-refractivity contribution in [1.82, 2.24) is 14.3 Å². The lowest BCUT2D eigenvalue weighted by Gasteiger charge is -2.00. The highest BCUT2D eigenvalue weighted by Crippen LogP contribution is 2.27. The predicted octanol–water partition coefficient (Wildman–Crippen LogP) is 2.47. The van der Waals surface area contributed by atoms with Crippen LogP contribution in [0.5, 0.6) is 0 Å². The minimum absolute atomic E-state index is 0.673. The van der Waals surface area contributed by atoms with Crippen LogP contribution in [0.1, 0.15) is 5.56 Å². The van der Waals surface area contributed by atoms with Gasteiger partial charge in [-0.15, -0.1) is 0 Å². The van der Waals surface area contributed by atoms with E-state index in [1.807, 2.05) is 13.1 Å².